The van der Waals surface area contributed by atoms with E-state index in [9.17, 15) is 0 Å². The van der Waals surface area contributed by atoms with Crippen molar-refractivity contribution in [3.05, 3.63) is 175 Å². The number of pyridine rings is 2. The Kier molecular flexibility index (Phi) is 12.5. The summed E-state index contributed by atoms with van der Waals surface area (Å²) in [6.45, 7) is 16.3. The molecule has 1 radical (unpaired) electrons. The van der Waals surface area contributed by atoms with Crippen LogP contribution in [0, 0.1) is 17.5 Å². The molecule has 0 aliphatic carbocycles. The molecule has 1 unspecified atom stereocenters. The van der Waals surface area contributed by atoms with Crippen LogP contribution in [0.25, 0.3) is 53.8 Å². The fraction of sp³-hybridized carbons (Fsp3) is 0.200. The van der Waals surface area contributed by atoms with E-state index in [2.05, 4.69) is 181 Å². The van der Waals surface area contributed by atoms with Crippen LogP contribution in [-0.2, 0) is 26.5 Å². The molecule has 55 heavy (non-hydrogen) atoms. The summed E-state index contributed by atoms with van der Waals surface area (Å²) >= 11 is 1.84. The summed E-state index contributed by atoms with van der Waals surface area (Å²) in [6, 6.07) is 53.7. The van der Waals surface area contributed by atoms with Gasteiger partial charge in [-0.25, -0.2) is 0 Å². The molecular formula is C50H48IrN2SSi-2. The fourth-order valence-corrected chi connectivity index (χ4v) is 9.90. The second kappa shape index (κ2) is 17.1. The van der Waals surface area contributed by atoms with Crippen molar-refractivity contribution in [2.75, 3.05) is 0 Å². The first-order valence-electron chi connectivity index (χ1n) is 18.8. The summed E-state index contributed by atoms with van der Waals surface area (Å²) in [5, 5.41) is 4.04. The molecule has 0 N–H and O–H groups in total. The van der Waals surface area contributed by atoms with E-state index in [0.717, 1.165) is 28.9 Å². The molecule has 279 valence electrons. The first-order chi connectivity index (χ1) is 25.9. The predicted molar refractivity (Wildman–Crippen MR) is 235 cm³/mol. The molecule has 0 bridgehead atoms. The first-order valence-corrected chi connectivity index (χ1v) is 23.2. The molecule has 5 heteroatoms. The Hall–Kier alpha value is -4.51. The monoisotopic (exact) mass is 929 g/mol. The molecule has 8 rings (SSSR count). The van der Waals surface area contributed by atoms with Crippen LogP contribution < -0.4 is 5.19 Å². The fourth-order valence-electron chi connectivity index (χ4n) is 7.12. The smallest absolute Gasteiger partial charge is 0.0798 e. The molecule has 3 heterocycles. The summed E-state index contributed by atoms with van der Waals surface area (Å²) in [4.78, 5) is 9.40. The summed E-state index contributed by atoms with van der Waals surface area (Å²) < 4.78 is 2.58. The zero-order valence-corrected chi connectivity index (χ0v) is 37.0. The summed E-state index contributed by atoms with van der Waals surface area (Å²) in [5.41, 5.74) is 11.0. The molecule has 1 atom stereocenters. The van der Waals surface area contributed by atoms with Gasteiger partial charge in [0, 0.05) is 43.1 Å². The van der Waals surface area contributed by atoms with Gasteiger partial charge in [0.2, 0.25) is 0 Å². The van der Waals surface area contributed by atoms with Gasteiger partial charge in [-0.1, -0.05) is 149 Å². The molecule has 0 amide bonds. The van der Waals surface area contributed by atoms with Crippen LogP contribution in [-0.4, -0.2) is 18.0 Å². The minimum Gasteiger partial charge on any atom is -0.305 e. The summed E-state index contributed by atoms with van der Waals surface area (Å²) in [7, 11) is -1.37. The Bertz CT molecular complexity index is 2500. The third kappa shape index (κ3) is 9.48. The number of hydrogen-bond donors (Lipinski definition) is 0. The zero-order chi connectivity index (χ0) is 37.9. The molecule has 0 saturated heterocycles. The SMILES string of the molecule is CC(C)(C)Cc1cc(-c2[c-]cccc2)ncc1[Si](C)(C)C.CC(c1ccccc1)c1ccnc(-c2[c-]cc3sc4c(-c5ccccc5)cccc4c3c2)c1.[Ir]. The van der Waals surface area contributed by atoms with Crippen molar-refractivity contribution < 1.29 is 20.1 Å². The van der Waals surface area contributed by atoms with Crippen molar-refractivity contribution in [2.24, 2.45) is 5.41 Å². The van der Waals surface area contributed by atoms with Crippen molar-refractivity contribution in [3.63, 3.8) is 0 Å². The minimum atomic E-state index is -1.37. The minimum absolute atomic E-state index is 0. The molecule has 8 aromatic rings. The van der Waals surface area contributed by atoms with Crippen LogP contribution >= 0.6 is 11.3 Å². The molecule has 0 aliphatic rings. The van der Waals surface area contributed by atoms with Crippen molar-refractivity contribution in [1.82, 2.24) is 9.97 Å². The van der Waals surface area contributed by atoms with Crippen LogP contribution in [0.3, 0.4) is 0 Å². The Morgan fingerprint density at radius 2 is 1.40 bits per heavy atom. The predicted octanol–water partition coefficient (Wildman–Crippen LogP) is 13.4. The Morgan fingerprint density at radius 1 is 0.691 bits per heavy atom. The van der Waals surface area contributed by atoms with Gasteiger partial charge in [0.05, 0.1) is 8.07 Å². The van der Waals surface area contributed by atoms with Gasteiger partial charge in [-0.2, -0.15) is 11.3 Å². The van der Waals surface area contributed by atoms with Gasteiger partial charge < -0.3 is 9.97 Å². The van der Waals surface area contributed by atoms with Crippen molar-refractivity contribution in [1.29, 1.82) is 0 Å². The van der Waals surface area contributed by atoms with E-state index in [1.165, 1.54) is 53.2 Å². The Balaban J connectivity index is 0.000000204. The van der Waals surface area contributed by atoms with E-state index >= 15 is 0 Å². The van der Waals surface area contributed by atoms with Crippen LogP contribution in [0.2, 0.25) is 19.6 Å². The number of fused-ring (bicyclic) bond motifs is 3. The van der Waals surface area contributed by atoms with Crippen LogP contribution in [0.4, 0.5) is 0 Å². The van der Waals surface area contributed by atoms with Gasteiger partial charge in [-0.3, -0.25) is 0 Å². The van der Waals surface area contributed by atoms with E-state index in [1.807, 2.05) is 35.7 Å². The van der Waals surface area contributed by atoms with E-state index in [-0.39, 0.29) is 25.5 Å². The van der Waals surface area contributed by atoms with Gasteiger partial charge in [0.1, 0.15) is 0 Å². The summed E-state index contributed by atoms with van der Waals surface area (Å²) in [6.07, 6.45) is 5.12. The van der Waals surface area contributed by atoms with Gasteiger partial charge in [-0.05, 0) is 66.8 Å². The van der Waals surface area contributed by atoms with Crippen LogP contribution in [0.15, 0.2) is 146 Å². The van der Waals surface area contributed by atoms with Crippen molar-refractivity contribution in [2.45, 2.75) is 59.7 Å². The standard InChI is InChI=1S/C31H22NS.C19H26NSi.Ir/c1-21(22-9-4-2-5-10-22)24-17-18-32-29(20-24)25-15-16-30-28(19-25)27-14-8-13-26(31(27)33-30)23-11-6-3-7-12-23;1-19(2,3)13-16-12-17(15-10-8-7-9-11-15)20-14-18(16)21(4,5)6;/h2-14,16-21H,1H3;7-10,12,14H,13H2,1-6H3;/q2*-1;. The third-order valence-electron chi connectivity index (χ3n) is 9.88. The molecule has 2 nitrogen and oxygen atoms in total. The average Bonchev–Trinajstić information content (AvgIpc) is 3.56. The Morgan fingerprint density at radius 3 is 2.09 bits per heavy atom. The van der Waals surface area contributed by atoms with Crippen molar-refractivity contribution >= 4 is 44.8 Å². The van der Waals surface area contributed by atoms with E-state index in [1.54, 1.807) is 0 Å². The van der Waals surface area contributed by atoms with E-state index in [4.69, 9.17) is 9.97 Å². The average molecular weight is 929 g/mol. The normalized spacial score (nSPS) is 12.1. The molecule has 3 aromatic heterocycles. The van der Waals surface area contributed by atoms with Gasteiger partial charge in [0.15, 0.2) is 0 Å². The van der Waals surface area contributed by atoms with Crippen LogP contribution in [0.1, 0.15) is 50.3 Å². The van der Waals surface area contributed by atoms with Gasteiger partial charge in [0.25, 0.3) is 0 Å². The molecule has 0 aliphatic heterocycles. The molecule has 5 aromatic carbocycles. The number of hydrogen-bond acceptors (Lipinski definition) is 3. The third-order valence-corrected chi connectivity index (χ3v) is 13.1. The maximum absolute atomic E-state index is 4.71. The maximum Gasteiger partial charge on any atom is 0.0798 e. The van der Waals surface area contributed by atoms with Gasteiger partial charge >= 0.3 is 0 Å². The summed E-state index contributed by atoms with van der Waals surface area (Å²) in [5.74, 6) is 0.312. The quantitative estimate of drug-likeness (QED) is 0.118. The second-order valence-electron chi connectivity index (χ2n) is 16.4. The topological polar surface area (TPSA) is 25.8 Å². The van der Waals surface area contributed by atoms with E-state index in [0.29, 0.717) is 5.92 Å². The first kappa shape index (κ1) is 40.2. The van der Waals surface area contributed by atoms with Crippen molar-refractivity contribution in [3.8, 4) is 33.6 Å². The Labute approximate surface area is 346 Å². The largest absolute Gasteiger partial charge is 0.305 e. The second-order valence-corrected chi connectivity index (χ2v) is 22.5. The van der Waals surface area contributed by atoms with Gasteiger partial charge in [-0.15, -0.1) is 59.7 Å². The number of benzene rings is 5. The number of nitrogens with zero attached hydrogens (tertiary/aromatic N) is 2. The number of rotatable bonds is 7. The van der Waals surface area contributed by atoms with Crippen LogP contribution in [0.5, 0.6) is 0 Å². The molecule has 0 saturated carbocycles. The maximum atomic E-state index is 4.71. The number of aromatic nitrogens is 2. The molecular weight excluding hydrogens is 881 g/mol. The number of thiophene rings is 1. The molecule has 0 spiro atoms. The van der Waals surface area contributed by atoms with E-state index < -0.39 is 8.07 Å². The molecule has 0 fully saturated rings. The zero-order valence-electron chi connectivity index (χ0n) is 32.8.